The fraction of sp³-hybridized carbons (Fsp3) is 0.158. The number of benzene rings is 1. The highest BCUT2D eigenvalue weighted by atomic mass is 32.2. The zero-order valence-corrected chi connectivity index (χ0v) is 17.4. The second-order valence-corrected chi connectivity index (χ2v) is 8.67. The van der Waals surface area contributed by atoms with Crippen molar-refractivity contribution in [3.8, 4) is 5.75 Å². The van der Waals surface area contributed by atoms with Crippen LogP contribution in [0.15, 0.2) is 58.0 Å². The van der Waals surface area contributed by atoms with Crippen LogP contribution in [0.2, 0.25) is 0 Å². The zero-order valence-electron chi connectivity index (χ0n) is 15.8. The number of hydrogen-bond acceptors (Lipinski definition) is 8. The number of furan rings is 1. The zero-order chi connectivity index (χ0) is 21.7. The Bertz CT molecular complexity index is 1130. The summed E-state index contributed by atoms with van der Waals surface area (Å²) in [4.78, 5) is 24.6. The number of carbonyl (C=O) groups is 2. The molecule has 1 aromatic carbocycles. The number of ether oxygens (including phenoxy) is 2. The van der Waals surface area contributed by atoms with Crippen molar-refractivity contribution in [3.63, 3.8) is 0 Å². The van der Waals surface area contributed by atoms with Crippen molar-refractivity contribution in [1.29, 1.82) is 0 Å². The summed E-state index contributed by atoms with van der Waals surface area (Å²) in [6, 6.07) is 10.4. The number of esters is 1. The van der Waals surface area contributed by atoms with E-state index in [1.54, 1.807) is 19.1 Å². The minimum absolute atomic E-state index is 0.0127. The lowest BCUT2D eigenvalue weighted by atomic mass is 10.3. The van der Waals surface area contributed by atoms with Crippen LogP contribution >= 0.6 is 11.3 Å². The summed E-state index contributed by atoms with van der Waals surface area (Å²) in [5.74, 6) is -0.375. The molecule has 30 heavy (non-hydrogen) atoms. The smallest absolute Gasteiger partial charge is 0.348 e. The maximum Gasteiger partial charge on any atom is 0.348 e. The first kappa shape index (κ1) is 21.6. The van der Waals surface area contributed by atoms with E-state index in [2.05, 4.69) is 5.32 Å². The number of primary sulfonamides is 1. The number of carbonyl (C=O) groups excluding carboxylic acids is 2. The van der Waals surface area contributed by atoms with Gasteiger partial charge in [0.1, 0.15) is 23.8 Å². The predicted molar refractivity (Wildman–Crippen MR) is 109 cm³/mol. The molecule has 0 spiro atoms. The highest BCUT2D eigenvalue weighted by Gasteiger charge is 2.17. The van der Waals surface area contributed by atoms with Crippen molar-refractivity contribution < 1.29 is 31.9 Å². The number of hydrogen-bond donors (Lipinski definition) is 2. The summed E-state index contributed by atoms with van der Waals surface area (Å²) in [6.07, 6.45) is 1.40. The largest absolute Gasteiger partial charge is 0.490 e. The van der Waals surface area contributed by atoms with Gasteiger partial charge in [0.25, 0.3) is 5.91 Å². The highest BCUT2D eigenvalue weighted by molar-refractivity contribution is 7.89. The van der Waals surface area contributed by atoms with E-state index < -0.39 is 21.9 Å². The molecule has 2 aromatic heterocycles. The molecular formula is C19H18N2O7S2. The van der Waals surface area contributed by atoms with Crippen LogP contribution < -0.4 is 15.2 Å². The lowest BCUT2D eigenvalue weighted by Crippen LogP contribution is -2.13. The molecular weight excluding hydrogens is 432 g/mol. The molecule has 3 aromatic rings. The summed E-state index contributed by atoms with van der Waals surface area (Å²) in [5, 5.41) is 8.19. The number of nitrogens with one attached hydrogen (secondary N) is 1. The molecule has 3 rings (SSSR count). The lowest BCUT2D eigenvalue weighted by molar-refractivity contribution is 0.0455. The number of thiophene rings is 1. The SMILES string of the molecule is Cc1cc(NC(=O)c2ccco2)sc1C(=O)OCCOc1ccc(S(N)(=O)=O)cc1. The first-order valence-electron chi connectivity index (χ1n) is 8.62. The van der Waals surface area contributed by atoms with E-state index in [1.807, 2.05) is 0 Å². The molecule has 9 nitrogen and oxygen atoms in total. The molecule has 0 saturated carbocycles. The van der Waals surface area contributed by atoms with Gasteiger partial charge in [-0.3, -0.25) is 4.79 Å². The van der Waals surface area contributed by atoms with Crippen molar-refractivity contribution >= 4 is 38.2 Å². The summed E-state index contributed by atoms with van der Waals surface area (Å²) < 4.78 is 38.1. The fourth-order valence-corrected chi connectivity index (χ4v) is 3.89. The van der Waals surface area contributed by atoms with Crippen LogP contribution in [0, 0.1) is 6.92 Å². The third-order valence-corrected chi connectivity index (χ3v) is 5.88. The summed E-state index contributed by atoms with van der Waals surface area (Å²) in [5.41, 5.74) is 0.666. The van der Waals surface area contributed by atoms with E-state index in [9.17, 15) is 18.0 Å². The van der Waals surface area contributed by atoms with Crippen molar-refractivity contribution in [1.82, 2.24) is 0 Å². The van der Waals surface area contributed by atoms with Crippen molar-refractivity contribution in [2.75, 3.05) is 18.5 Å². The third kappa shape index (κ3) is 5.47. The molecule has 1 amide bonds. The minimum Gasteiger partial charge on any atom is -0.490 e. The quantitative estimate of drug-likeness (QED) is 0.397. The second-order valence-electron chi connectivity index (χ2n) is 6.06. The highest BCUT2D eigenvalue weighted by Crippen LogP contribution is 2.28. The van der Waals surface area contributed by atoms with Crippen molar-refractivity contribution in [2.24, 2.45) is 5.14 Å². The topological polar surface area (TPSA) is 138 Å². The number of anilines is 1. The van der Waals surface area contributed by atoms with Gasteiger partial charge >= 0.3 is 5.97 Å². The van der Waals surface area contributed by atoms with Gasteiger partial charge < -0.3 is 19.2 Å². The molecule has 0 aliphatic carbocycles. The Morgan fingerprint density at radius 1 is 1.17 bits per heavy atom. The Morgan fingerprint density at radius 3 is 2.53 bits per heavy atom. The van der Waals surface area contributed by atoms with Crippen LogP contribution in [0.1, 0.15) is 25.8 Å². The van der Waals surface area contributed by atoms with Gasteiger partial charge in [-0.1, -0.05) is 0 Å². The molecule has 0 aliphatic heterocycles. The van der Waals surface area contributed by atoms with Crippen LogP contribution in [0.5, 0.6) is 5.75 Å². The molecule has 0 atom stereocenters. The van der Waals surface area contributed by atoms with Gasteiger partial charge in [-0.2, -0.15) is 0 Å². The molecule has 0 bridgehead atoms. The first-order valence-corrected chi connectivity index (χ1v) is 11.0. The van der Waals surface area contributed by atoms with Crippen LogP contribution in [0.25, 0.3) is 0 Å². The van der Waals surface area contributed by atoms with E-state index in [0.717, 1.165) is 11.3 Å². The maximum atomic E-state index is 12.3. The van der Waals surface area contributed by atoms with Crippen LogP contribution in [0.3, 0.4) is 0 Å². The standard InChI is InChI=1S/C19H18N2O7S2/c1-12-11-16(21-18(22)15-3-2-8-27-15)29-17(12)19(23)28-10-9-26-13-4-6-14(7-5-13)30(20,24)25/h2-8,11H,9-10H2,1H3,(H,21,22)(H2,20,24,25). The average molecular weight is 450 g/mol. The number of rotatable bonds is 8. The van der Waals surface area contributed by atoms with E-state index in [-0.39, 0.29) is 23.9 Å². The van der Waals surface area contributed by atoms with Crippen LogP contribution in [0.4, 0.5) is 5.00 Å². The Labute approximate surface area is 176 Å². The predicted octanol–water partition coefficient (Wildman–Crippen LogP) is 2.79. The molecule has 0 radical (unpaired) electrons. The average Bonchev–Trinajstić information content (AvgIpc) is 3.35. The molecule has 158 valence electrons. The molecule has 2 heterocycles. The first-order chi connectivity index (χ1) is 14.2. The molecule has 0 unspecified atom stereocenters. The number of sulfonamides is 1. The summed E-state index contributed by atoms with van der Waals surface area (Å²) in [7, 11) is -3.76. The van der Waals surface area contributed by atoms with E-state index in [4.69, 9.17) is 19.0 Å². The van der Waals surface area contributed by atoms with Gasteiger partial charge in [-0.05, 0) is 55.0 Å². The van der Waals surface area contributed by atoms with Crippen LogP contribution in [-0.4, -0.2) is 33.5 Å². The van der Waals surface area contributed by atoms with Gasteiger partial charge in [-0.25, -0.2) is 18.4 Å². The Balaban J connectivity index is 1.49. The van der Waals surface area contributed by atoms with Crippen molar-refractivity contribution in [3.05, 3.63) is 64.9 Å². The summed E-state index contributed by atoms with van der Waals surface area (Å²) >= 11 is 1.09. The lowest BCUT2D eigenvalue weighted by Gasteiger charge is -2.07. The fourth-order valence-electron chi connectivity index (χ4n) is 2.41. The Kier molecular flexibility index (Phi) is 6.55. The monoisotopic (exact) mass is 450 g/mol. The van der Waals surface area contributed by atoms with E-state index in [0.29, 0.717) is 21.2 Å². The van der Waals surface area contributed by atoms with Gasteiger partial charge in [0, 0.05) is 0 Å². The molecule has 3 N–H and O–H groups in total. The minimum atomic E-state index is -3.76. The Morgan fingerprint density at radius 2 is 1.90 bits per heavy atom. The number of amides is 1. The van der Waals surface area contributed by atoms with E-state index in [1.165, 1.54) is 36.6 Å². The molecule has 11 heteroatoms. The van der Waals surface area contributed by atoms with Gasteiger partial charge in [0.2, 0.25) is 10.0 Å². The molecule has 0 aliphatic rings. The number of aryl methyl sites for hydroxylation is 1. The number of nitrogens with two attached hydrogens (primary N) is 1. The van der Waals surface area contributed by atoms with Crippen molar-refractivity contribution in [2.45, 2.75) is 11.8 Å². The molecule has 0 fully saturated rings. The Hall–Kier alpha value is -3.15. The summed E-state index contributed by atoms with van der Waals surface area (Å²) in [6.45, 7) is 1.80. The van der Waals surface area contributed by atoms with Crippen LogP contribution in [-0.2, 0) is 14.8 Å². The third-order valence-electron chi connectivity index (χ3n) is 3.82. The maximum absolute atomic E-state index is 12.3. The van der Waals surface area contributed by atoms with Gasteiger partial charge in [0.15, 0.2) is 5.76 Å². The van der Waals surface area contributed by atoms with E-state index >= 15 is 0 Å². The molecule has 0 saturated heterocycles. The van der Waals surface area contributed by atoms with Gasteiger partial charge in [0.05, 0.1) is 16.2 Å². The second kappa shape index (κ2) is 9.11. The normalized spacial score (nSPS) is 11.1. The van der Waals surface area contributed by atoms with Gasteiger partial charge in [-0.15, -0.1) is 11.3 Å².